The average molecular weight is 379 g/mol. The summed E-state index contributed by atoms with van der Waals surface area (Å²) in [6.45, 7) is 5.11. The molecule has 146 valence electrons. The highest BCUT2D eigenvalue weighted by atomic mass is 16.5. The van der Waals surface area contributed by atoms with Gasteiger partial charge < -0.3 is 14.5 Å². The van der Waals surface area contributed by atoms with Crippen LogP contribution in [0.15, 0.2) is 36.5 Å². The summed E-state index contributed by atoms with van der Waals surface area (Å²) in [5.41, 5.74) is 2.62. The summed E-state index contributed by atoms with van der Waals surface area (Å²) in [5, 5.41) is 5.37. The van der Waals surface area contributed by atoms with E-state index >= 15 is 0 Å². The van der Waals surface area contributed by atoms with Gasteiger partial charge in [0.15, 0.2) is 0 Å². The van der Waals surface area contributed by atoms with Gasteiger partial charge in [-0.15, -0.1) is 0 Å². The fraction of sp³-hybridized carbons (Fsp3) is 0.381. The van der Waals surface area contributed by atoms with Gasteiger partial charge in [-0.2, -0.15) is 5.10 Å². The SMILES string of the molecule is COc1ccc2c(C)cc(N3CCCN(C(=O)c4ccn(C)n4)CC3)nc2c1. The molecule has 1 aliphatic rings. The topological polar surface area (TPSA) is 63.5 Å². The van der Waals surface area contributed by atoms with Crippen molar-refractivity contribution in [3.8, 4) is 5.75 Å². The second-order valence-electron chi connectivity index (χ2n) is 7.19. The lowest BCUT2D eigenvalue weighted by Crippen LogP contribution is -2.35. The Morgan fingerprint density at radius 2 is 1.96 bits per heavy atom. The molecule has 0 N–H and O–H groups in total. The number of aryl methyl sites for hydroxylation is 2. The fourth-order valence-electron chi connectivity index (χ4n) is 3.69. The van der Waals surface area contributed by atoms with Crippen LogP contribution in [0.25, 0.3) is 10.9 Å². The van der Waals surface area contributed by atoms with Crippen molar-refractivity contribution in [1.82, 2.24) is 19.7 Å². The van der Waals surface area contributed by atoms with Crippen molar-refractivity contribution >= 4 is 22.6 Å². The van der Waals surface area contributed by atoms with Gasteiger partial charge in [0.1, 0.15) is 17.3 Å². The molecule has 7 nitrogen and oxygen atoms in total. The molecule has 0 spiro atoms. The summed E-state index contributed by atoms with van der Waals surface area (Å²) >= 11 is 0. The van der Waals surface area contributed by atoms with Crippen molar-refractivity contribution in [1.29, 1.82) is 0 Å². The van der Waals surface area contributed by atoms with Crippen molar-refractivity contribution in [3.05, 3.63) is 47.8 Å². The van der Waals surface area contributed by atoms with Gasteiger partial charge in [-0.25, -0.2) is 4.98 Å². The van der Waals surface area contributed by atoms with Crippen LogP contribution in [0.3, 0.4) is 0 Å². The maximum Gasteiger partial charge on any atom is 0.274 e. The predicted molar refractivity (Wildman–Crippen MR) is 109 cm³/mol. The number of methoxy groups -OCH3 is 1. The van der Waals surface area contributed by atoms with Crippen LogP contribution in [0.4, 0.5) is 5.82 Å². The van der Waals surface area contributed by atoms with Gasteiger partial charge in [0.2, 0.25) is 0 Å². The monoisotopic (exact) mass is 379 g/mol. The molecule has 3 heterocycles. The van der Waals surface area contributed by atoms with E-state index in [1.54, 1.807) is 24.1 Å². The lowest BCUT2D eigenvalue weighted by Gasteiger charge is -2.23. The van der Waals surface area contributed by atoms with Crippen molar-refractivity contribution in [3.63, 3.8) is 0 Å². The summed E-state index contributed by atoms with van der Waals surface area (Å²) < 4.78 is 7.01. The molecule has 0 bridgehead atoms. The third-order valence-electron chi connectivity index (χ3n) is 5.25. The van der Waals surface area contributed by atoms with E-state index in [1.165, 1.54) is 5.56 Å². The molecule has 1 aliphatic heterocycles. The Morgan fingerprint density at radius 3 is 2.71 bits per heavy atom. The second-order valence-corrected chi connectivity index (χ2v) is 7.19. The van der Waals surface area contributed by atoms with Crippen LogP contribution < -0.4 is 9.64 Å². The van der Waals surface area contributed by atoms with Crippen LogP contribution in [0.1, 0.15) is 22.5 Å². The largest absolute Gasteiger partial charge is 0.497 e. The molecular weight excluding hydrogens is 354 g/mol. The first-order valence-electron chi connectivity index (χ1n) is 9.54. The Hall–Kier alpha value is -3.09. The molecular formula is C21H25N5O2. The van der Waals surface area contributed by atoms with Crippen molar-refractivity contribution < 1.29 is 9.53 Å². The van der Waals surface area contributed by atoms with E-state index in [2.05, 4.69) is 29.1 Å². The van der Waals surface area contributed by atoms with E-state index in [0.29, 0.717) is 12.2 Å². The standard InChI is InChI=1S/C21H25N5O2/c1-15-13-20(22-19-14-16(28-3)5-6-17(15)19)25-8-4-9-26(12-11-25)21(27)18-7-10-24(2)23-18/h5-7,10,13-14H,4,8-9,11-12H2,1-3H3. The average Bonchev–Trinajstić information content (AvgIpc) is 2.99. The Balaban J connectivity index is 1.54. The smallest absolute Gasteiger partial charge is 0.274 e. The first-order valence-corrected chi connectivity index (χ1v) is 9.54. The van der Waals surface area contributed by atoms with Crippen LogP contribution >= 0.6 is 0 Å². The number of aromatic nitrogens is 3. The quantitative estimate of drug-likeness (QED) is 0.700. The molecule has 1 fully saturated rings. The number of rotatable bonds is 3. The Labute approximate surface area is 164 Å². The third kappa shape index (κ3) is 3.52. The van der Waals surface area contributed by atoms with E-state index in [9.17, 15) is 4.79 Å². The molecule has 1 amide bonds. The van der Waals surface area contributed by atoms with Gasteiger partial charge in [0.25, 0.3) is 5.91 Å². The van der Waals surface area contributed by atoms with Crippen LogP contribution in [0.2, 0.25) is 0 Å². The van der Waals surface area contributed by atoms with Gasteiger partial charge in [-0.05, 0) is 43.2 Å². The summed E-state index contributed by atoms with van der Waals surface area (Å²) in [7, 11) is 3.49. The van der Waals surface area contributed by atoms with Crippen molar-refractivity contribution in [2.75, 3.05) is 38.2 Å². The number of carbonyl (C=O) groups is 1. The highest BCUT2D eigenvalue weighted by Crippen LogP contribution is 2.26. The highest BCUT2D eigenvalue weighted by Gasteiger charge is 2.22. The number of anilines is 1. The van der Waals surface area contributed by atoms with E-state index in [4.69, 9.17) is 9.72 Å². The zero-order chi connectivity index (χ0) is 19.7. The van der Waals surface area contributed by atoms with Crippen LogP contribution in [-0.4, -0.2) is 58.9 Å². The highest BCUT2D eigenvalue weighted by molar-refractivity contribution is 5.92. The normalized spacial score (nSPS) is 15.0. The molecule has 7 heteroatoms. The number of carbonyl (C=O) groups excluding carboxylic acids is 1. The van der Waals surface area contributed by atoms with E-state index < -0.39 is 0 Å². The Morgan fingerprint density at radius 1 is 1.11 bits per heavy atom. The van der Waals surface area contributed by atoms with E-state index in [-0.39, 0.29) is 5.91 Å². The number of nitrogens with zero attached hydrogens (tertiary/aromatic N) is 5. The number of benzene rings is 1. The third-order valence-corrected chi connectivity index (χ3v) is 5.25. The number of fused-ring (bicyclic) bond motifs is 1. The maximum absolute atomic E-state index is 12.7. The van der Waals surface area contributed by atoms with Gasteiger partial charge in [-0.1, -0.05) is 0 Å². The number of pyridine rings is 1. The molecule has 2 aromatic heterocycles. The maximum atomic E-state index is 12.7. The van der Waals surface area contributed by atoms with Gasteiger partial charge in [0.05, 0.1) is 12.6 Å². The zero-order valence-electron chi connectivity index (χ0n) is 16.6. The molecule has 28 heavy (non-hydrogen) atoms. The minimum Gasteiger partial charge on any atom is -0.497 e. The van der Waals surface area contributed by atoms with Gasteiger partial charge >= 0.3 is 0 Å². The summed E-state index contributed by atoms with van der Waals surface area (Å²) in [5.74, 6) is 1.75. The first-order chi connectivity index (χ1) is 13.5. The van der Waals surface area contributed by atoms with Crippen molar-refractivity contribution in [2.45, 2.75) is 13.3 Å². The number of hydrogen-bond acceptors (Lipinski definition) is 5. The number of ether oxygens (including phenoxy) is 1. The molecule has 0 saturated carbocycles. The van der Waals surface area contributed by atoms with Gasteiger partial charge in [0, 0.05) is 50.9 Å². The summed E-state index contributed by atoms with van der Waals surface area (Å²) in [6.07, 6.45) is 2.70. The predicted octanol–water partition coefficient (Wildman–Crippen LogP) is 2.64. The molecule has 0 aliphatic carbocycles. The summed E-state index contributed by atoms with van der Waals surface area (Å²) in [6, 6.07) is 9.89. The Kier molecular flexibility index (Phi) is 4.90. The molecule has 1 saturated heterocycles. The lowest BCUT2D eigenvalue weighted by molar-refractivity contribution is 0.0760. The van der Waals surface area contributed by atoms with Crippen molar-refractivity contribution in [2.24, 2.45) is 7.05 Å². The molecule has 0 radical (unpaired) electrons. The minimum absolute atomic E-state index is 0.00478. The van der Waals surface area contributed by atoms with E-state index in [1.807, 2.05) is 24.1 Å². The molecule has 3 aromatic rings. The van der Waals surface area contributed by atoms with Crippen LogP contribution in [-0.2, 0) is 7.05 Å². The minimum atomic E-state index is -0.00478. The van der Waals surface area contributed by atoms with Crippen LogP contribution in [0, 0.1) is 6.92 Å². The summed E-state index contributed by atoms with van der Waals surface area (Å²) in [4.78, 5) is 21.7. The number of hydrogen-bond donors (Lipinski definition) is 0. The zero-order valence-corrected chi connectivity index (χ0v) is 16.6. The molecule has 0 unspecified atom stereocenters. The van der Waals surface area contributed by atoms with Gasteiger partial charge in [-0.3, -0.25) is 9.48 Å². The lowest BCUT2D eigenvalue weighted by atomic mass is 10.1. The molecule has 0 atom stereocenters. The second kappa shape index (κ2) is 7.50. The first kappa shape index (κ1) is 18.3. The van der Waals surface area contributed by atoms with Crippen LogP contribution in [0.5, 0.6) is 5.75 Å². The Bertz CT molecular complexity index is 1010. The fourth-order valence-corrected chi connectivity index (χ4v) is 3.69. The molecule has 1 aromatic carbocycles. The molecule has 4 rings (SSSR count). The van der Waals surface area contributed by atoms with E-state index in [0.717, 1.165) is 48.5 Å². The number of amides is 1.